The number of nitrogens with zero attached hydrogens (tertiary/aromatic N) is 3. The Balaban J connectivity index is 1.69. The van der Waals surface area contributed by atoms with Crippen molar-refractivity contribution >= 4 is 10.9 Å². The molecule has 0 radical (unpaired) electrons. The van der Waals surface area contributed by atoms with E-state index >= 15 is 0 Å². The lowest BCUT2D eigenvalue weighted by Gasteiger charge is -2.32. The van der Waals surface area contributed by atoms with Crippen LogP contribution in [0, 0.1) is 13.8 Å². The molecule has 4 rings (SSSR count). The molecule has 1 atom stereocenters. The van der Waals surface area contributed by atoms with Gasteiger partial charge in [0.2, 0.25) is 0 Å². The smallest absolute Gasteiger partial charge is 0.0584 e. The van der Waals surface area contributed by atoms with Gasteiger partial charge in [-0.3, -0.25) is 9.88 Å². The number of aliphatic hydroxyl groups is 1. The van der Waals surface area contributed by atoms with E-state index in [1.165, 1.54) is 33.3 Å². The first kappa shape index (κ1) is 18.2. The maximum Gasteiger partial charge on any atom is 0.0584 e. The van der Waals surface area contributed by atoms with Gasteiger partial charge in [0.05, 0.1) is 6.61 Å². The third-order valence-corrected chi connectivity index (χ3v) is 5.92. The summed E-state index contributed by atoms with van der Waals surface area (Å²) in [5, 5.41) is 11.0. The van der Waals surface area contributed by atoms with E-state index in [-0.39, 0.29) is 12.6 Å². The lowest BCUT2D eigenvalue weighted by atomic mass is 10.0. The second kappa shape index (κ2) is 7.45. The van der Waals surface area contributed by atoms with Gasteiger partial charge in [0, 0.05) is 60.6 Å². The molecule has 0 spiro atoms. The Morgan fingerprint density at radius 2 is 2.04 bits per heavy atom. The average Bonchev–Trinajstić information content (AvgIpc) is 2.99. The maximum atomic E-state index is 9.57. The Hall–Kier alpha value is -2.17. The number of aryl methyl sites for hydroxylation is 4. The standard InChI is InChI=1S/C23H29N3O/c1-16-4-7-22-20(12-16)21-14-25(18(3)15-27)10-9-23(21)26(22)11-8-19-6-5-17(2)24-13-19/h4-7,12-13,18,27H,8-11,14-15H2,1-3H3. The Bertz CT molecular complexity index is 942. The molecule has 3 heterocycles. The summed E-state index contributed by atoms with van der Waals surface area (Å²) in [4.78, 5) is 6.84. The zero-order valence-corrected chi connectivity index (χ0v) is 16.6. The first-order chi connectivity index (χ1) is 13.1. The van der Waals surface area contributed by atoms with E-state index in [1.54, 1.807) is 0 Å². The third-order valence-electron chi connectivity index (χ3n) is 5.92. The highest BCUT2D eigenvalue weighted by Gasteiger charge is 2.26. The molecular formula is C23H29N3O. The number of fused-ring (bicyclic) bond motifs is 3. The predicted molar refractivity (Wildman–Crippen MR) is 110 cm³/mol. The van der Waals surface area contributed by atoms with E-state index in [9.17, 15) is 5.11 Å². The van der Waals surface area contributed by atoms with E-state index in [0.29, 0.717) is 0 Å². The summed E-state index contributed by atoms with van der Waals surface area (Å²) in [5.74, 6) is 0. The van der Waals surface area contributed by atoms with Crippen LogP contribution in [-0.2, 0) is 25.9 Å². The SMILES string of the molecule is Cc1ccc2c(c1)c1c(n2CCc2ccc(C)nc2)CCN(C(C)CO)C1. The number of benzene rings is 1. The van der Waals surface area contributed by atoms with E-state index in [0.717, 1.165) is 38.2 Å². The highest BCUT2D eigenvalue weighted by Crippen LogP contribution is 2.32. The number of hydrogen-bond donors (Lipinski definition) is 1. The van der Waals surface area contributed by atoms with Crippen LogP contribution in [0.4, 0.5) is 0 Å². The Morgan fingerprint density at radius 1 is 1.19 bits per heavy atom. The van der Waals surface area contributed by atoms with Gasteiger partial charge in [-0.15, -0.1) is 0 Å². The van der Waals surface area contributed by atoms with Crippen molar-refractivity contribution in [2.75, 3.05) is 13.2 Å². The molecule has 3 aromatic rings. The van der Waals surface area contributed by atoms with Gasteiger partial charge in [-0.25, -0.2) is 0 Å². The lowest BCUT2D eigenvalue weighted by molar-refractivity contribution is 0.122. The van der Waals surface area contributed by atoms with Crippen molar-refractivity contribution in [2.45, 2.75) is 52.7 Å². The predicted octanol–water partition coefficient (Wildman–Crippen LogP) is 3.63. The Morgan fingerprint density at radius 3 is 2.78 bits per heavy atom. The average molecular weight is 364 g/mol. The normalized spacial score (nSPS) is 15.9. The van der Waals surface area contributed by atoms with Crippen molar-refractivity contribution in [3.63, 3.8) is 0 Å². The highest BCUT2D eigenvalue weighted by atomic mass is 16.3. The summed E-state index contributed by atoms with van der Waals surface area (Å²) in [7, 11) is 0. The van der Waals surface area contributed by atoms with Gasteiger partial charge in [0.15, 0.2) is 0 Å². The monoisotopic (exact) mass is 363 g/mol. The Labute approximate surface area is 161 Å². The van der Waals surface area contributed by atoms with Gasteiger partial charge < -0.3 is 9.67 Å². The van der Waals surface area contributed by atoms with Gasteiger partial charge in [0.1, 0.15) is 0 Å². The van der Waals surface area contributed by atoms with Gasteiger partial charge in [-0.2, -0.15) is 0 Å². The van der Waals surface area contributed by atoms with Crippen LogP contribution in [0.2, 0.25) is 0 Å². The molecule has 0 fully saturated rings. The second-order valence-corrected chi connectivity index (χ2v) is 7.91. The first-order valence-corrected chi connectivity index (χ1v) is 9.94. The molecule has 0 aliphatic carbocycles. The van der Waals surface area contributed by atoms with Crippen LogP contribution in [0.25, 0.3) is 10.9 Å². The number of aromatic nitrogens is 2. The molecule has 2 aromatic heterocycles. The molecule has 1 aliphatic rings. The summed E-state index contributed by atoms with van der Waals surface area (Å²) in [6.07, 6.45) is 4.04. The summed E-state index contributed by atoms with van der Waals surface area (Å²) in [6, 6.07) is 11.3. The van der Waals surface area contributed by atoms with Gasteiger partial charge >= 0.3 is 0 Å². The second-order valence-electron chi connectivity index (χ2n) is 7.91. The van der Waals surface area contributed by atoms with Crippen molar-refractivity contribution < 1.29 is 5.11 Å². The number of aliphatic hydroxyl groups excluding tert-OH is 1. The van der Waals surface area contributed by atoms with Crippen molar-refractivity contribution in [3.8, 4) is 0 Å². The lowest BCUT2D eigenvalue weighted by Crippen LogP contribution is -2.39. The van der Waals surface area contributed by atoms with E-state index in [1.807, 2.05) is 13.1 Å². The fourth-order valence-corrected chi connectivity index (χ4v) is 4.22. The molecule has 27 heavy (non-hydrogen) atoms. The topological polar surface area (TPSA) is 41.3 Å². The summed E-state index contributed by atoms with van der Waals surface area (Å²) in [6.45, 7) is 9.44. The molecule has 1 aromatic carbocycles. The van der Waals surface area contributed by atoms with Crippen LogP contribution in [0.1, 0.15) is 35.0 Å². The molecule has 0 bridgehead atoms. The molecule has 4 heteroatoms. The molecule has 0 amide bonds. The minimum Gasteiger partial charge on any atom is -0.395 e. The van der Waals surface area contributed by atoms with Crippen molar-refractivity contribution in [1.29, 1.82) is 0 Å². The molecule has 1 N–H and O–H groups in total. The fraction of sp³-hybridized carbons (Fsp3) is 0.435. The van der Waals surface area contributed by atoms with E-state index < -0.39 is 0 Å². The van der Waals surface area contributed by atoms with Crippen LogP contribution in [-0.4, -0.2) is 38.8 Å². The largest absolute Gasteiger partial charge is 0.395 e. The molecule has 142 valence electrons. The Kier molecular flexibility index (Phi) is 5.02. The van der Waals surface area contributed by atoms with Crippen molar-refractivity contribution in [2.24, 2.45) is 0 Å². The fourth-order valence-electron chi connectivity index (χ4n) is 4.22. The summed E-state index contributed by atoms with van der Waals surface area (Å²) >= 11 is 0. The minimum atomic E-state index is 0.208. The third kappa shape index (κ3) is 3.52. The van der Waals surface area contributed by atoms with Crippen LogP contribution in [0.3, 0.4) is 0 Å². The molecule has 0 saturated carbocycles. The molecule has 4 nitrogen and oxygen atoms in total. The van der Waals surface area contributed by atoms with Crippen LogP contribution >= 0.6 is 0 Å². The summed E-state index contributed by atoms with van der Waals surface area (Å²) < 4.78 is 2.52. The quantitative estimate of drug-likeness (QED) is 0.752. The number of hydrogen-bond acceptors (Lipinski definition) is 3. The summed E-state index contributed by atoms with van der Waals surface area (Å²) in [5.41, 5.74) is 7.91. The molecular weight excluding hydrogens is 334 g/mol. The zero-order valence-electron chi connectivity index (χ0n) is 16.6. The van der Waals surface area contributed by atoms with Gasteiger partial charge in [-0.05, 0) is 56.5 Å². The zero-order chi connectivity index (χ0) is 19.0. The van der Waals surface area contributed by atoms with Crippen molar-refractivity contribution in [3.05, 3.63) is 64.6 Å². The van der Waals surface area contributed by atoms with Crippen LogP contribution in [0.5, 0.6) is 0 Å². The highest BCUT2D eigenvalue weighted by molar-refractivity contribution is 5.86. The molecule has 1 unspecified atom stereocenters. The van der Waals surface area contributed by atoms with Crippen molar-refractivity contribution in [1.82, 2.24) is 14.5 Å². The minimum absolute atomic E-state index is 0.208. The molecule has 1 aliphatic heterocycles. The van der Waals surface area contributed by atoms with Gasteiger partial charge in [-0.1, -0.05) is 17.7 Å². The van der Waals surface area contributed by atoms with E-state index in [2.05, 4.69) is 58.6 Å². The van der Waals surface area contributed by atoms with Crippen LogP contribution < -0.4 is 0 Å². The maximum absolute atomic E-state index is 9.57. The van der Waals surface area contributed by atoms with E-state index in [4.69, 9.17) is 0 Å². The number of pyridine rings is 1. The first-order valence-electron chi connectivity index (χ1n) is 9.94. The van der Waals surface area contributed by atoms with Gasteiger partial charge in [0.25, 0.3) is 0 Å². The van der Waals surface area contributed by atoms with Crippen LogP contribution in [0.15, 0.2) is 36.5 Å². The molecule has 0 saturated heterocycles. The number of rotatable bonds is 5.